The number of amides is 1. The van der Waals surface area contributed by atoms with Gasteiger partial charge in [-0.25, -0.2) is 18.1 Å². The summed E-state index contributed by atoms with van der Waals surface area (Å²) in [6.07, 6.45) is 0. The molecule has 11 heteroatoms. The molecule has 3 aromatic rings. The number of ether oxygens (including phenoxy) is 3. The van der Waals surface area contributed by atoms with E-state index in [-0.39, 0.29) is 23.2 Å². The smallest absolute Gasteiger partial charge is 0.275 e. The number of nitrogens with one attached hydrogen (secondary N) is 2. The summed E-state index contributed by atoms with van der Waals surface area (Å²) in [4.78, 5) is 17.1. The summed E-state index contributed by atoms with van der Waals surface area (Å²) in [5.41, 5.74) is 1.49. The van der Waals surface area contributed by atoms with Gasteiger partial charge in [-0.05, 0) is 49.4 Å². The summed E-state index contributed by atoms with van der Waals surface area (Å²) in [5.74, 6) is 0.766. The van der Waals surface area contributed by atoms with Gasteiger partial charge in [-0.1, -0.05) is 0 Å². The number of aromatic nitrogens is 1. The maximum absolute atomic E-state index is 12.6. The lowest BCUT2D eigenvalue weighted by molar-refractivity contribution is 0.102. The summed E-state index contributed by atoms with van der Waals surface area (Å²) in [6.45, 7) is 1.96. The molecule has 0 aliphatic carbocycles. The number of carbonyl (C=O) groups excluding carboxylic acids is 1. The van der Waals surface area contributed by atoms with Crippen molar-refractivity contribution < 1.29 is 27.4 Å². The van der Waals surface area contributed by atoms with Crippen LogP contribution in [0.4, 0.5) is 5.69 Å². The van der Waals surface area contributed by atoms with Crippen molar-refractivity contribution in [1.29, 1.82) is 0 Å². The monoisotopic (exact) mass is 491 g/mol. The lowest BCUT2D eigenvalue weighted by Gasteiger charge is -2.13. The number of rotatable bonds is 10. The van der Waals surface area contributed by atoms with Gasteiger partial charge < -0.3 is 19.5 Å². The third kappa shape index (κ3) is 6.08. The van der Waals surface area contributed by atoms with Crippen LogP contribution in [0.3, 0.4) is 0 Å². The van der Waals surface area contributed by atoms with Gasteiger partial charge in [0.15, 0.2) is 11.5 Å². The van der Waals surface area contributed by atoms with Crippen molar-refractivity contribution in [3.05, 3.63) is 53.5 Å². The zero-order valence-electron chi connectivity index (χ0n) is 18.6. The van der Waals surface area contributed by atoms with E-state index in [0.29, 0.717) is 22.2 Å². The topological polar surface area (TPSA) is 116 Å². The summed E-state index contributed by atoms with van der Waals surface area (Å²) in [5, 5.41) is 5.03. The Labute approximate surface area is 196 Å². The maximum atomic E-state index is 12.6. The molecule has 0 aliphatic rings. The number of benzene rings is 2. The number of hydrogen-bond donors (Lipinski definition) is 2. The molecule has 1 unspecified atom stereocenters. The van der Waals surface area contributed by atoms with Crippen LogP contribution in [0.2, 0.25) is 0 Å². The molecule has 0 radical (unpaired) electrons. The van der Waals surface area contributed by atoms with Crippen molar-refractivity contribution in [2.45, 2.75) is 17.9 Å². The summed E-state index contributed by atoms with van der Waals surface area (Å²) >= 11 is 1.32. The Morgan fingerprint density at radius 1 is 1.06 bits per heavy atom. The van der Waals surface area contributed by atoms with E-state index in [9.17, 15) is 13.2 Å². The Morgan fingerprint density at radius 3 is 2.39 bits per heavy atom. The van der Waals surface area contributed by atoms with Gasteiger partial charge in [0, 0.05) is 29.8 Å². The van der Waals surface area contributed by atoms with E-state index in [0.717, 1.165) is 5.56 Å². The molecule has 33 heavy (non-hydrogen) atoms. The van der Waals surface area contributed by atoms with Crippen LogP contribution in [0.1, 0.15) is 17.4 Å². The molecule has 176 valence electrons. The van der Waals surface area contributed by atoms with Crippen molar-refractivity contribution in [2.75, 3.05) is 33.3 Å². The lowest BCUT2D eigenvalue weighted by atomic mass is 10.2. The molecule has 3 rings (SSSR count). The van der Waals surface area contributed by atoms with Crippen LogP contribution < -0.4 is 19.5 Å². The van der Waals surface area contributed by atoms with Crippen LogP contribution in [-0.2, 0) is 14.8 Å². The molecule has 2 aromatic carbocycles. The third-order valence-corrected chi connectivity index (χ3v) is 7.06. The zero-order chi connectivity index (χ0) is 24.0. The second kappa shape index (κ2) is 10.8. The highest BCUT2D eigenvalue weighted by molar-refractivity contribution is 7.89. The van der Waals surface area contributed by atoms with E-state index in [2.05, 4.69) is 15.0 Å². The highest BCUT2D eigenvalue weighted by Gasteiger charge is 2.18. The summed E-state index contributed by atoms with van der Waals surface area (Å²) in [7, 11) is 0.922. The first-order valence-electron chi connectivity index (χ1n) is 9.88. The molecule has 0 fully saturated rings. The van der Waals surface area contributed by atoms with Gasteiger partial charge in [-0.2, -0.15) is 0 Å². The molecule has 0 spiro atoms. The van der Waals surface area contributed by atoms with Crippen molar-refractivity contribution in [3.63, 3.8) is 0 Å². The maximum Gasteiger partial charge on any atom is 0.275 e. The molecule has 0 saturated carbocycles. The van der Waals surface area contributed by atoms with Crippen LogP contribution in [0.15, 0.2) is 52.7 Å². The Balaban J connectivity index is 1.69. The highest BCUT2D eigenvalue weighted by atomic mass is 32.2. The molecule has 2 N–H and O–H groups in total. The number of methoxy groups -OCH3 is 3. The molecular formula is C22H25N3O6S2. The zero-order valence-corrected chi connectivity index (χ0v) is 20.2. The summed E-state index contributed by atoms with van der Waals surface area (Å²) < 4.78 is 42.9. The van der Waals surface area contributed by atoms with Gasteiger partial charge >= 0.3 is 0 Å². The largest absolute Gasteiger partial charge is 0.493 e. The quantitative estimate of drug-likeness (QED) is 0.447. The number of anilines is 1. The van der Waals surface area contributed by atoms with Crippen LogP contribution >= 0.6 is 11.3 Å². The van der Waals surface area contributed by atoms with Crippen LogP contribution in [0.25, 0.3) is 10.6 Å². The molecular weight excluding hydrogens is 466 g/mol. The molecule has 0 saturated heterocycles. The van der Waals surface area contributed by atoms with E-state index in [4.69, 9.17) is 14.2 Å². The molecule has 0 bridgehead atoms. The Hall–Kier alpha value is -2.99. The Kier molecular flexibility index (Phi) is 8.03. The molecule has 1 amide bonds. The minimum Gasteiger partial charge on any atom is -0.493 e. The van der Waals surface area contributed by atoms with Gasteiger partial charge in [0.25, 0.3) is 5.91 Å². The fourth-order valence-electron chi connectivity index (χ4n) is 3.01. The predicted octanol–water partition coefficient (Wildman–Crippen LogP) is 3.39. The van der Waals surface area contributed by atoms with Crippen LogP contribution in [0.5, 0.6) is 11.5 Å². The van der Waals surface area contributed by atoms with Crippen LogP contribution in [-0.4, -0.2) is 53.3 Å². The lowest BCUT2D eigenvalue weighted by Crippen LogP contribution is -2.35. The van der Waals surface area contributed by atoms with E-state index < -0.39 is 15.9 Å². The normalized spacial score (nSPS) is 12.2. The molecule has 9 nitrogen and oxygen atoms in total. The third-order valence-electron chi connectivity index (χ3n) is 4.56. The van der Waals surface area contributed by atoms with Gasteiger partial charge in [-0.3, -0.25) is 4.79 Å². The first-order valence-corrected chi connectivity index (χ1v) is 12.2. The predicted molar refractivity (Wildman–Crippen MR) is 127 cm³/mol. The standard InChI is InChI=1S/C22H25N3O6S2/c1-14(12-29-2)25-33(27,28)17-8-6-16(7-9-17)23-21(26)18-13-32-22(24-18)15-5-10-19(30-3)20(11-15)31-4/h5-11,13-14,25H,12H2,1-4H3,(H,23,26). The highest BCUT2D eigenvalue weighted by Crippen LogP contribution is 2.33. The first-order chi connectivity index (χ1) is 15.8. The molecule has 1 aromatic heterocycles. The van der Waals surface area contributed by atoms with Crippen LogP contribution in [0, 0.1) is 0 Å². The van der Waals surface area contributed by atoms with E-state index >= 15 is 0 Å². The Morgan fingerprint density at radius 2 is 1.76 bits per heavy atom. The molecule has 1 heterocycles. The van der Waals surface area contributed by atoms with Gasteiger partial charge in [0.05, 0.1) is 25.7 Å². The summed E-state index contributed by atoms with van der Waals surface area (Å²) in [6, 6.07) is 10.9. The molecule has 0 aliphatic heterocycles. The number of carbonyl (C=O) groups is 1. The second-order valence-corrected chi connectivity index (χ2v) is 9.64. The van der Waals surface area contributed by atoms with E-state index in [1.807, 2.05) is 6.07 Å². The van der Waals surface area contributed by atoms with Gasteiger partial charge in [0.1, 0.15) is 10.7 Å². The van der Waals surface area contributed by atoms with E-state index in [1.54, 1.807) is 38.7 Å². The average Bonchev–Trinajstić information content (AvgIpc) is 3.29. The average molecular weight is 492 g/mol. The van der Waals surface area contributed by atoms with Gasteiger partial charge in [0.2, 0.25) is 10.0 Å². The molecule has 1 atom stereocenters. The number of hydrogen-bond acceptors (Lipinski definition) is 8. The van der Waals surface area contributed by atoms with E-state index in [1.165, 1.54) is 42.7 Å². The first kappa shape index (κ1) is 24.6. The SMILES string of the molecule is COCC(C)NS(=O)(=O)c1ccc(NC(=O)c2csc(-c3ccc(OC)c(OC)c3)n2)cc1. The van der Waals surface area contributed by atoms with Crippen molar-refractivity contribution >= 4 is 33.0 Å². The second-order valence-electron chi connectivity index (χ2n) is 7.06. The fraction of sp³-hybridized carbons (Fsp3) is 0.273. The minimum atomic E-state index is -3.69. The van der Waals surface area contributed by atoms with Crippen molar-refractivity contribution in [3.8, 4) is 22.1 Å². The Bertz CT molecular complexity index is 1210. The number of sulfonamides is 1. The number of nitrogens with zero attached hydrogens (tertiary/aromatic N) is 1. The van der Waals surface area contributed by atoms with Gasteiger partial charge in [-0.15, -0.1) is 11.3 Å². The van der Waals surface area contributed by atoms with Crippen molar-refractivity contribution in [2.24, 2.45) is 0 Å². The fourth-order valence-corrected chi connectivity index (χ4v) is 5.03. The van der Waals surface area contributed by atoms with Crippen molar-refractivity contribution in [1.82, 2.24) is 9.71 Å². The number of thiazole rings is 1. The minimum absolute atomic E-state index is 0.0906.